The first-order valence-electron chi connectivity index (χ1n) is 6.25. The van der Waals surface area contributed by atoms with E-state index in [0.29, 0.717) is 12.8 Å². The fraction of sp³-hybridized carbons (Fsp3) is 0.846. The Bertz CT molecular complexity index is 390. The van der Waals surface area contributed by atoms with E-state index in [4.69, 9.17) is 9.47 Å². The van der Waals surface area contributed by atoms with Gasteiger partial charge < -0.3 is 14.8 Å². The lowest BCUT2D eigenvalue weighted by atomic mass is 9.33. The van der Waals surface area contributed by atoms with Crippen molar-refractivity contribution in [3.05, 3.63) is 0 Å². The zero-order valence-corrected chi connectivity index (χ0v) is 11.6. The van der Waals surface area contributed by atoms with E-state index < -0.39 is 11.7 Å². The van der Waals surface area contributed by atoms with Crippen molar-refractivity contribution < 1.29 is 19.1 Å². The Kier molecular flexibility index (Phi) is 2.65. The minimum absolute atomic E-state index is 0.116. The Labute approximate surface area is 107 Å². The number of carbonyl (C=O) groups excluding carboxylic acids is 2. The van der Waals surface area contributed by atoms with E-state index in [1.54, 1.807) is 0 Å². The average molecular weight is 255 g/mol. The Balaban J connectivity index is 1.92. The first-order valence-corrected chi connectivity index (χ1v) is 6.25. The third-order valence-electron chi connectivity index (χ3n) is 4.26. The molecule has 0 aromatic rings. The third kappa shape index (κ3) is 1.68. The number of amides is 1. The Hall–Kier alpha value is -1.26. The fourth-order valence-corrected chi connectivity index (χ4v) is 3.18. The number of hydrogen-bond donors (Lipinski definition) is 1. The van der Waals surface area contributed by atoms with Crippen LogP contribution in [0.25, 0.3) is 0 Å². The molecule has 2 bridgehead atoms. The molecule has 18 heavy (non-hydrogen) atoms. The van der Waals surface area contributed by atoms with Crippen LogP contribution in [0, 0.1) is 11.3 Å². The lowest BCUT2D eigenvalue weighted by Gasteiger charge is -2.73. The topological polar surface area (TPSA) is 64.6 Å². The molecular weight excluding hydrogens is 234 g/mol. The molecule has 102 valence electrons. The quantitative estimate of drug-likeness (QED) is 0.765. The van der Waals surface area contributed by atoms with E-state index in [0.717, 1.165) is 0 Å². The molecule has 3 aliphatic rings. The van der Waals surface area contributed by atoms with Crippen molar-refractivity contribution >= 4 is 12.1 Å². The average Bonchev–Trinajstić information content (AvgIpc) is 2.19. The highest BCUT2D eigenvalue weighted by atomic mass is 16.6. The van der Waals surface area contributed by atoms with Crippen molar-refractivity contribution in [2.75, 3.05) is 7.11 Å². The molecule has 3 saturated carbocycles. The van der Waals surface area contributed by atoms with Gasteiger partial charge in [-0.15, -0.1) is 0 Å². The maximum Gasteiger partial charge on any atom is 0.408 e. The van der Waals surface area contributed by atoms with Crippen LogP contribution in [0.2, 0.25) is 0 Å². The maximum absolute atomic E-state index is 11.7. The zero-order chi connectivity index (χ0) is 13.8. The number of rotatable bonds is 2. The van der Waals surface area contributed by atoms with Crippen molar-refractivity contribution in [3.63, 3.8) is 0 Å². The molecule has 1 amide bonds. The minimum atomic E-state index is -0.503. The van der Waals surface area contributed by atoms with E-state index in [1.165, 1.54) is 7.11 Å². The van der Waals surface area contributed by atoms with Gasteiger partial charge in [0.25, 0.3) is 0 Å². The number of nitrogens with one attached hydrogen (secondary N) is 1. The zero-order valence-electron chi connectivity index (χ0n) is 11.6. The first-order chi connectivity index (χ1) is 8.15. The standard InChI is InChI=1S/C13H21NO4/c1-8-12(9(15)17-5)6-13(8,7-12)14-10(16)18-11(2,3)4/h8H,6-7H2,1-5H3,(H,14,16)/t8-,12?,13?/m0/s1. The Morgan fingerprint density at radius 1 is 1.28 bits per heavy atom. The van der Waals surface area contributed by atoms with Gasteiger partial charge in [0.15, 0.2) is 0 Å². The smallest absolute Gasteiger partial charge is 0.408 e. The van der Waals surface area contributed by atoms with Gasteiger partial charge in [-0.1, -0.05) is 6.92 Å². The highest BCUT2D eigenvalue weighted by molar-refractivity contribution is 5.84. The molecule has 0 unspecified atom stereocenters. The van der Waals surface area contributed by atoms with Gasteiger partial charge in [-0.05, 0) is 39.5 Å². The summed E-state index contributed by atoms with van der Waals surface area (Å²) in [5.74, 6) is -0.0483. The molecule has 3 aliphatic carbocycles. The number of carbonyl (C=O) groups is 2. The number of ether oxygens (including phenoxy) is 2. The number of methoxy groups -OCH3 is 1. The van der Waals surface area contributed by atoms with Gasteiger partial charge in [0.2, 0.25) is 0 Å². The fourth-order valence-electron chi connectivity index (χ4n) is 3.18. The van der Waals surface area contributed by atoms with Crippen molar-refractivity contribution in [2.24, 2.45) is 11.3 Å². The van der Waals surface area contributed by atoms with Gasteiger partial charge in [0.05, 0.1) is 12.5 Å². The van der Waals surface area contributed by atoms with Gasteiger partial charge in [-0.25, -0.2) is 4.79 Å². The predicted octanol–water partition coefficient (Wildman–Crippen LogP) is 1.85. The third-order valence-corrected chi connectivity index (χ3v) is 4.26. The second kappa shape index (κ2) is 3.62. The lowest BCUT2D eigenvalue weighted by Crippen LogP contribution is -2.83. The normalized spacial score (nSPS) is 37.1. The van der Waals surface area contributed by atoms with Crippen molar-refractivity contribution in [2.45, 2.75) is 51.7 Å². The first kappa shape index (κ1) is 13.2. The summed E-state index contributed by atoms with van der Waals surface area (Å²) < 4.78 is 10.0. The van der Waals surface area contributed by atoms with Crippen LogP contribution >= 0.6 is 0 Å². The highest BCUT2D eigenvalue weighted by Crippen LogP contribution is 2.71. The molecule has 0 aromatic heterocycles. The Morgan fingerprint density at radius 3 is 2.22 bits per heavy atom. The van der Waals surface area contributed by atoms with Gasteiger partial charge in [-0.2, -0.15) is 0 Å². The molecule has 1 atom stereocenters. The summed E-state index contributed by atoms with van der Waals surface area (Å²) in [5, 5.41) is 2.90. The SMILES string of the molecule is COC(=O)C12CC(NC(=O)OC(C)(C)C)(C1)[C@H]2C. The van der Waals surface area contributed by atoms with Gasteiger partial charge in [0, 0.05) is 5.54 Å². The van der Waals surface area contributed by atoms with E-state index in [1.807, 2.05) is 27.7 Å². The molecule has 5 heteroatoms. The van der Waals surface area contributed by atoms with Crippen LogP contribution in [-0.4, -0.2) is 30.3 Å². The van der Waals surface area contributed by atoms with E-state index >= 15 is 0 Å². The summed E-state index contributed by atoms with van der Waals surface area (Å²) in [7, 11) is 1.41. The number of esters is 1. The van der Waals surface area contributed by atoms with Gasteiger partial charge in [-0.3, -0.25) is 4.79 Å². The summed E-state index contributed by atoms with van der Waals surface area (Å²) in [5.41, 5.74) is -1.14. The van der Waals surface area contributed by atoms with Crippen molar-refractivity contribution in [1.29, 1.82) is 0 Å². The summed E-state index contributed by atoms with van der Waals surface area (Å²) in [6, 6.07) is 0. The van der Waals surface area contributed by atoms with Crippen LogP contribution in [0.4, 0.5) is 4.79 Å². The Morgan fingerprint density at radius 2 is 1.83 bits per heavy atom. The minimum Gasteiger partial charge on any atom is -0.469 e. The largest absolute Gasteiger partial charge is 0.469 e. The molecule has 3 rings (SSSR count). The van der Waals surface area contributed by atoms with Crippen molar-refractivity contribution in [3.8, 4) is 0 Å². The molecule has 0 spiro atoms. The van der Waals surface area contributed by atoms with Crippen LogP contribution in [-0.2, 0) is 14.3 Å². The van der Waals surface area contributed by atoms with Gasteiger partial charge in [0.1, 0.15) is 5.60 Å². The van der Waals surface area contributed by atoms with Crippen LogP contribution < -0.4 is 5.32 Å². The summed E-state index contributed by atoms with van der Waals surface area (Å²) in [6.07, 6.45) is 0.910. The molecule has 0 radical (unpaired) electrons. The molecule has 0 saturated heterocycles. The lowest BCUT2D eigenvalue weighted by molar-refractivity contribution is -0.234. The van der Waals surface area contributed by atoms with Crippen LogP contribution in [0.15, 0.2) is 0 Å². The van der Waals surface area contributed by atoms with Crippen LogP contribution in [0.5, 0.6) is 0 Å². The van der Waals surface area contributed by atoms with Gasteiger partial charge >= 0.3 is 12.1 Å². The van der Waals surface area contributed by atoms with Crippen molar-refractivity contribution in [1.82, 2.24) is 5.32 Å². The molecule has 1 N–H and O–H groups in total. The van der Waals surface area contributed by atoms with E-state index in [2.05, 4.69) is 5.32 Å². The highest BCUT2D eigenvalue weighted by Gasteiger charge is 2.78. The summed E-state index contributed by atoms with van der Waals surface area (Å²) in [6.45, 7) is 7.46. The van der Waals surface area contributed by atoms with Crippen LogP contribution in [0.1, 0.15) is 40.5 Å². The molecular formula is C13H21NO4. The molecule has 0 aromatic carbocycles. The molecule has 0 heterocycles. The van der Waals surface area contributed by atoms with E-state index in [-0.39, 0.29) is 22.8 Å². The van der Waals surface area contributed by atoms with E-state index in [9.17, 15) is 9.59 Å². The number of hydrogen-bond acceptors (Lipinski definition) is 4. The predicted molar refractivity (Wildman–Crippen MR) is 64.9 cm³/mol. The molecule has 5 nitrogen and oxygen atoms in total. The number of alkyl carbamates (subject to hydrolysis) is 1. The van der Waals surface area contributed by atoms with Crippen LogP contribution in [0.3, 0.4) is 0 Å². The summed E-state index contributed by atoms with van der Waals surface area (Å²) in [4.78, 5) is 23.4. The monoisotopic (exact) mass is 255 g/mol. The summed E-state index contributed by atoms with van der Waals surface area (Å²) >= 11 is 0. The second-order valence-corrected chi connectivity index (χ2v) is 6.51. The molecule has 0 aliphatic heterocycles. The second-order valence-electron chi connectivity index (χ2n) is 6.51. The molecule has 3 fully saturated rings. The maximum atomic E-state index is 11.7.